The van der Waals surface area contributed by atoms with Crippen molar-refractivity contribution in [1.82, 2.24) is 15.0 Å². The van der Waals surface area contributed by atoms with Crippen LogP contribution in [-0.4, -0.2) is 52.3 Å². The highest BCUT2D eigenvalue weighted by Gasteiger charge is 2.20. The van der Waals surface area contributed by atoms with Gasteiger partial charge in [-0.2, -0.15) is 9.97 Å². The molecule has 1 aliphatic rings. The van der Waals surface area contributed by atoms with E-state index in [0.29, 0.717) is 40.4 Å². The van der Waals surface area contributed by atoms with Crippen molar-refractivity contribution in [2.75, 3.05) is 42.3 Å². The van der Waals surface area contributed by atoms with Gasteiger partial charge in [0.15, 0.2) is 5.82 Å². The molecule has 1 aliphatic heterocycles. The number of hydrogen-bond donors (Lipinski definition) is 3. The highest BCUT2D eigenvalue weighted by Crippen LogP contribution is 2.30. The minimum atomic E-state index is -0.322. The highest BCUT2D eigenvalue weighted by molar-refractivity contribution is 6.06. The zero-order valence-corrected chi connectivity index (χ0v) is 24.6. The van der Waals surface area contributed by atoms with Crippen LogP contribution in [0.3, 0.4) is 0 Å². The maximum absolute atomic E-state index is 13.3. The molecule has 0 atom stereocenters. The number of nitrogen functional groups attached to an aromatic ring is 1. The molecule has 1 saturated heterocycles. The van der Waals surface area contributed by atoms with Crippen LogP contribution in [0, 0.1) is 6.92 Å². The lowest BCUT2D eigenvalue weighted by atomic mass is 9.85. The zero-order chi connectivity index (χ0) is 29.9. The fourth-order valence-corrected chi connectivity index (χ4v) is 5.12. The van der Waals surface area contributed by atoms with Gasteiger partial charge < -0.3 is 25.8 Å². The summed E-state index contributed by atoms with van der Waals surface area (Å²) in [6, 6.07) is 19.6. The fourth-order valence-electron chi connectivity index (χ4n) is 5.12. The fraction of sp³-hybridized carbons (Fsp3) is 0.333. The number of anilines is 3. The van der Waals surface area contributed by atoms with Crippen LogP contribution in [-0.2, 0) is 23.2 Å². The Morgan fingerprint density at radius 1 is 1.02 bits per heavy atom. The van der Waals surface area contributed by atoms with Crippen LogP contribution in [0.2, 0.25) is 0 Å². The van der Waals surface area contributed by atoms with Gasteiger partial charge in [0, 0.05) is 47.6 Å². The first-order valence-electron chi connectivity index (χ1n) is 14.2. The Morgan fingerprint density at radius 3 is 2.43 bits per heavy atom. The van der Waals surface area contributed by atoms with Crippen molar-refractivity contribution in [2.24, 2.45) is 0 Å². The van der Waals surface area contributed by atoms with Gasteiger partial charge in [0.1, 0.15) is 5.82 Å². The molecule has 1 amide bonds. The van der Waals surface area contributed by atoms with Crippen LogP contribution in [0.1, 0.15) is 59.2 Å². The van der Waals surface area contributed by atoms with Crippen molar-refractivity contribution < 1.29 is 14.6 Å². The van der Waals surface area contributed by atoms with Gasteiger partial charge in [-0.05, 0) is 53.3 Å². The van der Waals surface area contributed by atoms with E-state index in [4.69, 9.17) is 15.5 Å². The quantitative estimate of drug-likeness (QED) is 0.288. The van der Waals surface area contributed by atoms with E-state index in [1.165, 1.54) is 0 Å². The molecule has 2 heterocycles. The van der Waals surface area contributed by atoms with E-state index >= 15 is 0 Å². The molecule has 4 aromatic rings. The molecule has 1 fully saturated rings. The number of aryl methyl sites for hydroxylation is 1. The molecular formula is C33H38N6O3. The third-order valence-corrected chi connectivity index (χ3v) is 7.53. The number of rotatable bonds is 7. The smallest absolute Gasteiger partial charge is 0.255 e. The Morgan fingerprint density at radius 2 is 1.76 bits per heavy atom. The number of benzene rings is 3. The lowest BCUT2D eigenvalue weighted by Gasteiger charge is -2.28. The summed E-state index contributed by atoms with van der Waals surface area (Å²) >= 11 is 0. The number of aliphatic hydroxyl groups is 1. The summed E-state index contributed by atoms with van der Waals surface area (Å²) in [7, 11) is 0. The Balaban J connectivity index is 1.38. The number of carbonyl (C=O) groups is 1. The molecule has 0 spiro atoms. The number of nitrogens with two attached hydrogens (primary N) is 1. The lowest BCUT2D eigenvalue weighted by molar-refractivity contribution is 0.102. The topological polar surface area (TPSA) is 126 Å². The van der Waals surface area contributed by atoms with Crippen molar-refractivity contribution in [2.45, 2.75) is 46.1 Å². The van der Waals surface area contributed by atoms with E-state index in [2.05, 4.69) is 65.2 Å². The normalized spacial score (nSPS) is 13.7. The SMILES string of the molecule is Cc1cc(C(C)(C)C)ccc1C(=O)Nc1cccc(-c2nc(N)nc(Cc3ccc(N4CCOCC4)cc3)n2)c1CO. The molecule has 0 unspecified atom stereocenters. The van der Waals surface area contributed by atoms with Crippen LogP contribution in [0.15, 0.2) is 60.7 Å². The van der Waals surface area contributed by atoms with E-state index in [-0.39, 0.29) is 23.9 Å². The number of hydrogen-bond acceptors (Lipinski definition) is 8. The molecule has 5 rings (SSSR count). The second kappa shape index (κ2) is 12.3. The summed E-state index contributed by atoms with van der Waals surface area (Å²) in [4.78, 5) is 29.0. The van der Waals surface area contributed by atoms with Gasteiger partial charge in [0.25, 0.3) is 5.91 Å². The van der Waals surface area contributed by atoms with Crippen LogP contribution >= 0.6 is 0 Å². The summed E-state index contributed by atoms with van der Waals surface area (Å²) in [6.45, 7) is 11.3. The Hall–Kier alpha value is -4.34. The van der Waals surface area contributed by atoms with Gasteiger partial charge in [0.05, 0.1) is 19.8 Å². The van der Waals surface area contributed by atoms with Crippen molar-refractivity contribution in [3.05, 3.63) is 94.3 Å². The minimum Gasteiger partial charge on any atom is -0.392 e. The number of aromatic nitrogens is 3. The van der Waals surface area contributed by atoms with Crippen LogP contribution in [0.5, 0.6) is 0 Å². The number of nitrogens with one attached hydrogen (secondary N) is 1. The average Bonchev–Trinajstić information content (AvgIpc) is 2.97. The molecule has 0 radical (unpaired) electrons. The largest absolute Gasteiger partial charge is 0.392 e. The Bertz CT molecular complexity index is 1570. The first-order valence-corrected chi connectivity index (χ1v) is 14.2. The van der Waals surface area contributed by atoms with E-state index in [1.807, 2.05) is 25.1 Å². The average molecular weight is 567 g/mol. The number of aliphatic hydroxyl groups excluding tert-OH is 1. The molecule has 0 saturated carbocycles. The summed E-state index contributed by atoms with van der Waals surface area (Å²) < 4.78 is 5.45. The number of carbonyl (C=O) groups excluding carboxylic acids is 1. The van der Waals surface area contributed by atoms with E-state index in [9.17, 15) is 9.90 Å². The summed E-state index contributed by atoms with van der Waals surface area (Å²) in [6.07, 6.45) is 0.470. The lowest BCUT2D eigenvalue weighted by Crippen LogP contribution is -2.36. The van der Waals surface area contributed by atoms with E-state index in [1.54, 1.807) is 18.2 Å². The number of ether oxygens (including phenoxy) is 1. The monoisotopic (exact) mass is 566 g/mol. The molecule has 4 N–H and O–H groups in total. The molecule has 9 nitrogen and oxygen atoms in total. The molecule has 218 valence electrons. The highest BCUT2D eigenvalue weighted by atomic mass is 16.5. The standard InChI is InChI=1S/C33H38N6O3/c1-21-18-23(33(2,3)4)10-13-25(21)31(41)35-28-7-5-6-26(27(28)20-40)30-36-29(37-32(34)38-30)19-22-8-11-24(12-9-22)39-14-16-42-17-15-39/h5-13,18,40H,14-17,19-20H2,1-4H3,(H,35,41)(H2,34,36,37,38). The molecule has 0 aliphatic carbocycles. The van der Waals surface area contributed by atoms with Gasteiger partial charge in [0.2, 0.25) is 5.95 Å². The number of amides is 1. The van der Waals surface area contributed by atoms with Crippen molar-refractivity contribution in [3.63, 3.8) is 0 Å². The molecule has 9 heteroatoms. The predicted octanol–water partition coefficient (Wildman–Crippen LogP) is 4.90. The maximum atomic E-state index is 13.3. The van der Waals surface area contributed by atoms with Crippen LogP contribution in [0.25, 0.3) is 11.4 Å². The summed E-state index contributed by atoms with van der Waals surface area (Å²) in [5.41, 5.74) is 12.5. The molecule has 0 bridgehead atoms. The number of morpholine rings is 1. The van der Waals surface area contributed by atoms with Crippen LogP contribution < -0.4 is 16.0 Å². The van der Waals surface area contributed by atoms with E-state index < -0.39 is 0 Å². The molecule has 1 aromatic heterocycles. The Kier molecular flexibility index (Phi) is 8.51. The van der Waals surface area contributed by atoms with Gasteiger partial charge in [-0.15, -0.1) is 0 Å². The van der Waals surface area contributed by atoms with E-state index in [0.717, 1.165) is 48.7 Å². The van der Waals surface area contributed by atoms with Crippen molar-refractivity contribution in [1.29, 1.82) is 0 Å². The van der Waals surface area contributed by atoms with Crippen LogP contribution in [0.4, 0.5) is 17.3 Å². The van der Waals surface area contributed by atoms with Gasteiger partial charge in [-0.3, -0.25) is 4.79 Å². The summed E-state index contributed by atoms with van der Waals surface area (Å²) in [5.74, 6) is 0.696. The number of nitrogens with zero attached hydrogens (tertiary/aromatic N) is 4. The predicted molar refractivity (Wildman–Crippen MR) is 166 cm³/mol. The third-order valence-electron chi connectivity index (χ3n) is 7.53. The third kappa shape index (κ3) is 6.58. The zero-order valence-electron chi connectivity index (χ0n) is 24.6. The summed E-state index contributed by atoms with van der Waals surface area (Å²) in [5, 5.41) is 13.3. The van der Waals surface area contributed by atoms with Crippen molar-refractivity contribution in [3.8, 4) is 11.4 Å². The Labute approximate surface area is 246 Å². The molecule has 3 aromatic carbocycles. The van der Waals surface area contributed by atoms with Gasteiger partial charge in [-0.1, -0.05) is 57.2 Å². The second-order valence-corrected chi connectivity index (χ2v) is 11.6. The first kappa shape index (κ1) is 29.2. The maximum Gasteiger partial charge on any atom is 0.255 e. The molecular weight excluding hydrogens is 528 g/mol. The van der Waals surface area contributed by atoms with Gasteiger partial charge >= 0.3 is 0 Å². The second-order valence-electron chi connectivity index (χ2n) is 11.6. The van der Waals surface area contributed by atoms with Gasteiger partial charge in [-0.25, -0.2) is 4.98 Å². The van der Waals surface area contributed by atoms with Crippen molar-refractivity contribution >= 4 is 23.2 Å². The minimum absolute atomic E-state index is 0.0181. The molecule has 42 heavy (non-hydrogen) atoms. The first-order chi connectivity index (χ1) is 20.1.